The van der Waals surface area contributed by atoms with Crippen molar-refractivity contribution in [2.24, 2.45) is 5.41 Å². The van der Waals surface area contributed by atoms with Crippen molar-refractivity contribution in [3.8, 4) is 0 Å². The number of ether oxygens (including phenoxy) is 1. The Hall–Kier alpha value is -1.82. The molecule has 0 spiro atoms. The molecule has 0 saturated heterocycles. The molecular weight excluding hydrogens is 302 g/mol. The molecule has 1 aromatic rings. The Morgan fingerprint density at radius 3 is 2.18 bits per heavy atom. The lowest BCUT2D eigenvalue weighted by molar-refractivity contribution is -0.137. The summed E-state index contributed by atoms with van der Waals surface area (Å²) in [4.78, 5) is 34.8. The molecule has 0 radical (unpaired) electrons. The molecule has 0 saturated carbocycles. The minimum Gasteiger partial charge on any atom is -0.468 e. The van der Waals surface area contributed by atoms with Gasteiger partial charge in [0.05, 0.1) is 18.6 Å². The number of anilines is 1. The Morgan fingerprint density at radius 2 is 1.68 bits per heavy atom. The number of methoxy groups -OCH3 is 1. The minimum atomic E-state index is -0.473. The van der Waals surface area contributed by atoms with Gasteiger partial charge in [-0.05, 0) is 24.3 Å². The number of rotatable bonds is 6. The van der Waals surface area contributed by atoms with E-state index in [2.05, 4.69) is 10.1 Å². The van der Waals surface area contributed by atoms with Gasteiger partial charge in [0.2, 0.25) is 5.91 Å². The van der Waals surface area contributed by atoms with Crippen LogP contribution < -0.4 is 5.32 Å². The summed E-state index contributed by atoms with van der Waals surface area (Å²) < 4.78 is 4.51. The van der Waals surface area contributed by atoms with E-state index in [1.165, 1.54) is 18.9 Å². The van der Waals surface area contributed by atoms with Crippen molar-refractivity contribution in [2.75, 3.05) is 23.9 Å². The lowest BCUT2D eigenvalue weighted by Crippen LogP contribution is -2.27. The summed E-state index contributed by atoms with van der Waals surface area (Å²) in [6, 6.07) is 6.72. The second-order valence-electron chi connectivity index (χ2n) is 5.77. The number of carbonyl (C=O) groups is 3. The summed E-state index contributed by atoms with van der Waals surface area (Å²) >= 11 is 1.21. The van der Waals surface area contributed by atoms with Crippen LogP contribution >= 0.6 is 11.8 Å². The molecule has 0 aliphatic rings. The highest BCUT2D eigenvalue weighted by atomic mass is 32.2. The Morgan fingerprint density at radius 1 is 1.09 bits per heavy atom. The summed E-state index contributed by atoms with van der Waals surface area (Å²) in [5, 5.41) is 2.80. The number of esters is 1. The largest absolute Gasteiger partial charge is 0.468 e. The maximum atomic E-state index is 11.9. The molecule has 0 aliphatic heterocycles. The van der Waals surface area contributed by atoms with E-state index in [9.17, 15) is 14.4 Å². The van der Waals surface area contributed by atoms with Gasteiger partial charge in [0, 0.05) is 16.7 Å². The molecule has 1 aromatic carbocycles. The predicted molar refractivity (Wildman–Crippen MR) is 88.2 cm³/mol. The lowest BCUT2D eigenvalue weighted by Gasteiger charge is -2.17. The maximum absolute atomic E-state index is 11.9. The third-order valence-electron chi connectivity index (χ3n) is 2.83. The van der Waals surface area contributed by atoms with E-state index >= 15 is 0 Å². The molecule has 120 valence electrons. The first-order chi connectivity index (χ1) is 10.2. The van der Waals surface area contributed by atoms with Crippen LogP contribution in [0.5, 0.6) is 0 Å². The van der Waals surface area contributed by atoms with Gasteiger partial charge < -0.3 is 10.1 Å². The van der Waals surface area contributed by atoms with Gasteiger partial charge in [-0.3, -0.25) is 14.4 Å². The molecule has 6 heteroatoms. The van der Waals surface area contributed by atoms with Crippen molar-refractivity contribution in [1.29, 1.82) is 0 Å². The molecule has 1 amide bonds. The van der Waals surface area contributed by atoms with Crippen molar-refractivity contribution in [3.63, 3.8) is 0 Å². The first kappa shape index (κ1) is 18.2. The molecule has 22 heavy (non-hydrogen) atoms. The van der Waals surface area contributed by atoms with Gasteiger partial charge in [-0.1, -0.05) is 20.8 Å². The number of benzene rings is 1. The van der Waals surface area contributed by atoms with E-state index in [1.807, 2.05) is 20.8 Å². The van der Waals surface area contributed by atoms with Gasteiger partial charge in [0.25, 0.3) is 0 Å². The maximum Gasteiger partial charge on any atom is 0.315 e. The third kappa shape index (κ3) is 5.89. The molecule has 0 aromatic heterocycles. The number of Topliss-reactive ketones (excluding diaryl/α,β-unsaturated/α-hetero) is 1. The van der Waals surface area contributed by atoms with Crippen LogP contribution in [0.3, 0.4) is 0 Å². The van der Waals surface area contributed by atoms with E-state index in [4.69, 9.17) is 0 Å². The molecule has 0 heterocycles. The molecule has 5 nitrogen and oxygen atoms in total. The average molecular weight is 323 g/mol. The topological polar surface area (TPSA) is 72.5 Å². The van der Waals surface area contributed by atoms with Crippen LogP contribution in [-0.2, 0) is 14.3 Å². The van der Waals surface area contributed by atoms with Gasteiger partial charge in [-0.25, -0.2) is 0 Å². The summed E-state index contributed by atoms with van der Waals surface area (Å²) in [6.45, 7) is 5.50. The quantitative estimate of drug-likeness (QED) is 0.644. The number of ketones is 1. The highest BCUT2D eigenvalue weighted by Crippen LogP contribution is 2.18. The average Bonchev–Trinajstić information content (AvgIpc) is 2.46. The van der Waals surface area contributed by atoms with Crippen molar-refractivity contribution in [1.82, 2.24) is 0 Å². The smallest absolute Gasteiger partial charge is 0.315 e. The highest BCUT2D eigenvalue weighted by molar-refractivity contribution is 8.00. The van der Waals surface area contributed by atoms with E-state index in [0.717, 1.165) is 0 Å². The standard InChI is InChI=1S/C16H21NO4S/c1-16(2,3)15(20)17-12-7-5-11(6-8-12)13(18)9-22-10-14(19)21-4/h5-8H,9-10H2,1-4H3,(H,17,20). The van der Waals surface area contributed by atoms with E-state index in [0.29, 0.717) is 11.3 Å². The zero-order valence-corrected chi connectivity index (χ0v) is 14.1. The minimum absolute atomic E-state index is 0.0670. The van der Waals surface area contributed by atoms with Crippen LogP contribution in [0, 0.1) is 5.41 Å². The Balaban J connectivity index is 2.55. The molecule has 0 unspecified atom stereocenters. The second-order valence-corrected chi connectivity index (χ2v) is 6.76. The Bertz CT molecular complexity index is 546. The normalized spacial score (nSPS) is 10.9. The summed E-state index contributed by atoms with van der Waals surface area (Å²) in [6.07, 6.45) is 0. The van der Waals surface area contributed by atoms with Gasteiger partial charge in [-0.2, -0.15) is 0 Å². The van der Waals surface area contributed by atoms with Crippen molar-refractivity contribution in [3.05, 3.63) is 29.8 Å². The molecule has 1 rings (SSSR count). The van der Waals surface area contributed by atoms with Crippen LogP contribution in [-0.4, -0.2) is 36.3 Å². The van der Waals surface area contributed by atoms with Crippen LogP contribution in [0.1, 0.15) is 31.1 Å². The van der Waals surface area contributed by atoms with Crippen LogP contribution in [0.2, 0.25) is 0 Å². The van der Waals surface area contributed by atoms with Crippen molar-refractivity contribution >= 4 is 35.1 Å². The molecule has 0 bridgehead atoms. The molecule has 0 fully saturated rings. The first-order valence-corrected chi connectivity index (χ1v) is 7.99. The number of amides is 1. The van der Waals surface area contributed by atoms with Crippen LogP contribution in [0.4, 0.5) is 5.69 Å². The van der Waals surface area contributed by atoms with E-state index in [-0.39, 0.29) is 29.2 Å². The second kappa shape index (κ2) is 7.98. The lowest BCUT2D eigenvalue weighted by atomic mass is 9.95. The number of thioether (sulfide) groups is 1. The van der Waals surface area contributed by atoms with Crippen LogP contribution in [0.25, 0.3) is 0 Å². The molecular formula is C16H21NO4S. The van der Waals surface area contributed by atoms with Crippen LogP contribution in [0.15, 0.2) is 24.3 Å². The third-order valence-corrected chi connectivity index (χ3v) is 3.73. The number of hydrogen-bond acceptors (Lipinski definition) is 5. The van der Waals surface area contributed by atoms with Gasteiger partial charge in [-0.15, -0.1) is 11.8 Å². The number of hydrogen-bond donors (Lipinski definition) is 1. The predicted octanol–water partition coefficient (Wildman–Crippen LogP) is 2.76. The molecule has 0 aliphatic carbocycles. The fraction of sp³-hybridized carbons (Fsp3) is 0.438. The SMILES string of the molecule is COC(=O)CSCC(=O)c1ccc(NC(=O)C(C)(C)C)cc1. The van der Waals surface area contributed by atoms with E-state index in [1.54, 1.807) is 24.3 Å². The van der Waals surface area contributed by atoms with Crippen molar-refractivity contribution in [2.45, 2.75) is 20.8 Å². The fourth-order valence-corrected chi connectivity index (χ4v) is 2.17. The fourth-order valence-electron chi connectivity index (χ4n) is 1.43. The monoisotopic (exact) mass is 323 g/mol. The zero-order valence-electron chi connectivity index (χ0n) is 13.3. The highest BCUT2D eigenvalue weighted by Gasteiger charge is 2.21. The molecule has 1 N–H and O–H groups in total. The van der Waals surface area contributed by atoms with Crippen molar-refractivity contribution < 1.29 is 19.1 Å². The summed E-state index contributed by atoms with van der Waals surface area (Å²) in [5.41, 5.74) is 0.726. The Labute approximate surface area is 134 Å². The van der Waals surface area contributed by atoms with E-state index < -0.39 is 5.41 Å². The van der Waals surface area contributed by atoms with Gasteiger partial charge in [0.15, 0.2) is 5.78 Å². The zero-order chi connectivity index (χ0) is 16.8. The van der Waals surface area contributed by atoms with Gasteiger partial charge >= 0.3 is 5.97 Å². The summed E-state index contributed by atoms with van der Waals surface area (Å²) in [5.74, 6) is -0.133. The summed E-state index contributed by atoms with van der Waals surface area (Å²) in [7, 11) is 1.31. The number of carbonyl (C=O) groups excluding carboxylic acids is 3. The van der Waals surface area contributed by atoms with Gasteiger partial charge in [0.1, 0.15) is 0 Å². The molecule has 0 atom stereocenters. The first-order valence-electron chi connectivity index (χ1n) is 6.83. The Kier molecular flexibility index (Phi) is 6.61. The number of nitrogens with one attached hydrogen (secondary N) is 1.